The van der Waals surface area contributed by atoms with Gasteiger partial charge in [-0.05, 0) is 60.4 Å². The van der Waals surface area contributed by atoms with Gasteiger partial charge < -0.3 is 15.0 Å². The first-order valence-electron chi connectivity index (χ1n) is 10.2. The van der Waals surface area contributed by atoms with Crippen LogP contribution < -0.4 is 10.1 Å². The molecule has 0 aliphatic carbocycles. The molecule has 3 aromatic carbocycles. The van der Waals surface area contributed by atoms with Crippen LogP contribution in [0.1, 0.15) is 11.1 Å². The van der Waals surface area contributed by atoms with Crippen molar-refractivity contribution in [1.29, 1.82) is 0 Å². The Kier molecular flexibility index (Phi) is 6.55. The van der Waals surface area contributed by atoms with Crippen LogP contribution in [0.3, 0.4) is 0 Å². The zero-order chi connectivity index (χ0) is 20.8. The summed E-state index contributed by atoms with van der Waals surface area (Å²) in [5.74, 6) is 1.81. The largest absolute Gasteiger partial charge is 0.497 e. The highest BCUT2D eigenvalue weighted by atomic mass is 35.5. The van der Waals surface area contributed by atoms with Gasteiger partial charge in [0.2, 0.25) is 0 Å². The Bertz CT molecular complexity index is 972. The Morgan fingerprint density at radius 2 is 1.70 bits per heavy atom. The van der Waals surface area contributed by atoms with Gasteiger partial charge in [0.15, 0.2) is 5.96 Å². The lowest BCUT2D eigenvalue weighted by Gasteiger charge is -2.28. The minimum absolute atomic E-state index is 0.334. The molecule has 0 unspecified atom stereocenters. The number of nitrogens with one attached hydrogen (secondary N) is 1. The van der Waals surface area contributed by atoms with Crippen molar-refractivity contribution in [2.75, 3.05) is 25.5 Å². The van der Waals surface area contributed by atoms with Crippen LogP contribution >= 0.6 is 11.6 Å². The van der Waals surface area contributed by atoms with Crippen molar-refractivity contribution in [3.8, 4) is 5.75 Å². The summed E-state index contributed by atoms with van der Waals surface area (Å²) >= 11 is 6.03. The maximum absolute atomic E-state index is 6.03. The molecule has 0 bridgehead atoms. The number of rotatable bonds is 7. The topological polar surface area (TPSA) is 36.9 Å². The van der Waals surface area contributed by atoms with E-state index in [9.17, 15) is 0 Å². The molecule has 0 amide bonds. The van der Waals surface area contributed by atoms with E-state index >= 15 is 0 Å². The van der Waals surface area contributed by atoms with E-state index in [-0.39, 0.29) is 0 Å². The second kappa shape index (κ2) is 9.68. The first-order chi connectivity index (χ1) is 14.7. The number of guanidine groups is 1. The Balaban J connectivity index is 1.48. The van der Waals surface area contributed by atoms with Crippen LogP contribution in [0.15, 0.2) is 83.9 Å². The van der Waals surface area contributed by atoms with Crippen LogP contribution in [0.2, 0.25) is 5.02 Å². The van der Waals surface area contributed by atoms with Crippen molar-refractivity contribution in [2.45, 2.75) is 18.9 Å². The van der Waals surface area contributed by atoms with Crippen molar-refractivity contribution in [3.63, 3.8) is 0 Å². The van der Waals surface area contributed by atoms with E-state index in [0.29, 0.717) is 6.04 Å². The summed E-state index contributed by atoms with van der Waals surface area (Å²) in [7, 11) is 1.69. The number of methoxy groups -OCH3 is 1. The summed E-state index contributed by atoms with van der Waals surface area (Å²) in [5, 5.41) is 4.21. The molecule has 1 aliphatic rings. The fourth-order valence-electron chi connectivity index (χ4n) is 3.72. The first kappa shape index (κ1) is 20.3. The molecule has 30 heavy (non-hydrogen) atoms. The lowest BCUT2D eigenvalue weighted by molar-refractivity contribution is 0.343. The molecular formula is C25H26ClN3O. The van der Waals surface area contributed by atoms with Gasteiger partial charge in [0.05, 0.1) is 19.7 Å². The van der Waals surface area contributed by atoms with E-state index in [1.165, 1.54) is 11.1 Å². The summed E-state index contributed by atoms with van der Waals surface area (Å²) in [6.45, 7) is 1.68. The van der Waals surface area contributed by atoms with Crippen molar-refractivity contribution in [2.24, 2.45) is 4.99 Å². The molecule has 5 heteroatoms. The smallest absolute Gasteiger partial charge is 0.198 e. The van der Waals surface area contributed by atoms with Crippen molar-refractivity contribution >= 4 is 23.2 Å². The van der Waals surface area contributed by atoms with Crippen LogP contribution in [0.5, 0.6) is 5.75 Å². The number of ether oxygens (including phenoxy) is 1. The number of benzene rings is 3. The van der Waals surface area contributed by atoms with E-state index in [1.807, 2.05) is 36.4 Å². The molecule has 0 radical (unpaired) electrons. The van der Waals surface area contributed by atoms with Gasteiger partial charge in [-0.2, -0.15) is 0 Å². The molecule has 4 nitrogen and oxygen atoms in total. The molecule has 0 fully saturated rings. The average Bonchev–Trinajstić information content (AvgIpc) is 3.15. The average molecular weight is 420 g/mol. The standard InChI is InChI=1S/C25H26ClN3O/c1-30-24-13-7-19(8-14-24)15-16-29-23(17-20-5-3-2-4-6-20)18-27-25(29)28-22-11-9-21(26)10-12-22/h2-14,23H,15-18H2,1H3,(H,27,28)/t23-/m0/s1. The lowest BCUT2D eigenvalue weighted by Crippen LogP contribution is -2.42. The molecular weight excluding hydrogens is 394 g/mol. The summed E-state index contributed by atoms with van der Waals surface area (Å²) in [6.07, 6.45) is 1.91. The summed E-state index contributed by atoms with van der Waals surface area (Å²) in [6, 6.07) is 27.0. The highest BCUT2D eigenvalue weighted by Gasteiger charge is 2.27. The fourth-order valence-corrected chi connectivity index (χ4v) is 3.84. The Morgan fingerprint density at radius 3 is 2.40 bits per heavy atom. The molecule has 4 rings (SSSR count). The lowest BCUT2D eigenvalue weighted by atomic mass is 10.0. The van der Waals surface area contributed by atoms with Gasteiger partial charge in [-0.1, -0.05) is 54.1 Å². The van der Waals surface area contributed by atoms with Crippen molar-refractivity contribution < 1.29 is 4.74 Å². The number of aliphatic imine (C=N–C) groups is 1. The molecule has 1 atom stereocenters. The van der Waals surface area contributed by atoms with Crippen molar-refractivity contribution in [1.82, 2.24) is 4.90 Å². The fraction of sp³-hybridized carbons (Fsp3) is 0.240. The third-order valence-corrected chi connectivity index (χ3v) is 5.63. The van der Waals surface area contributed by atoms with E-state index in [2.05, 4.69) is 52.7 Å². The number of hydrogen-bond donors (Lipinski definition) is 1. The molecule has 154 valence electrons. The molecule has 0 spiro atoms. The summed E-state index contributed by atoms with van der Waals surface area (Å²) in [4.78, 5) is 7.23. The minimum Gasteiger partial charge on any atom is -0.497 e. The number of halogens is 1. The van der Waals surface area contributed by atoms with Crippen LogP contribution in [-0.2, 0) is 12.8 Å². The molecule has 0 saturated heterocycles. The van der Waals surface area contributed by atoms with Crippen LogP contribution in [0.25, 0.3) is 0 Å². The van der Waals surface area contributed by atoms with Crippen LogP contribution in [-0.4, -0.2) is 37.1 Å². The molecule has 0 aromatic heterocycles. The van der Waals surface area contributed by atoms with E-state index < -0.39 is 0 Å². The highest BCUT2D eigenvalue weighted by Crippen LogP contribution is 2.21. The molecule has 1 heterocycles. The molecule has 1 aliphatic heterocycles. The van der Waals surface area contributed by atoms with Gasteiger partial charge in [0.25, 0.3) is 0 Å². The van der Waals surface area contributed by atoms with Gasteiger partial charge in [0.1, 0.15) is 5.75 Å². The summed E-state index contributed by atoms with van der Waals surface area (Å²) < 4.78 is 5.27. The number of anilines is 1. The number of nitrogens with zero attached hydrogens (tertiary/aromatic N) is 2. The molecule has 3 aromatic rings. The highest BCUT2D eigenvalue weighted by molar-refractivity contribution is 6.30. The van der Waals surface area contributed by atoms with Gasteiger partial charge in [-0.3, -0.25) is 4.99 Å². The second-order valence-corrected chi connectivity index (χ2v) is 7.87. The van der Waals surface area contributed by atoms with Gasteiger partial charge >= 0.3 is 0 Å². The maximum Gasteiger partial charge on any atom is 0.198 e. The Labute approximate surface area is 183 Å². The first-order valence-corrected chi connectivity index (χ1v) is 10.6. The zero-order valence-corrected chi connectivity index (χ0v) is 17.8. The quantitative estimate of drug-likeness (QED) is 0.565. The zero-order valence-electron chi connectivity index (χ0n) is 17.1. The van der Waals surface area contributed by atoms with Gasteiger partial charge in [0, 0.05) is 17.3 Å². The molecule has 1 N–H and O–H groups in total. The van der Waals surface area contributed by atoms with E-state index in [0.717, 1.165) is 48.4 Å². The SMILES string of the molecule is COc1ccc(CCN2C(Nc3ccc(Cl)cc3)=NC[C@@H]2Cc2ccccc2)cc1. The third kappa shape index (κ3) is 5.14. The third-order valence-electron chi connectivity index (χ3n) is 5.38. The van der Waals surface area contributed by atoms with Crippen LogP contribution in [0.4, 0.5) is 5.69 Å². The monoisotopic (exact) mass is 419 g/mol. The van der Waals surface area contributed by atoms with Gasteiger partial charge in [-0.15, -0.1) is 0 Å². The van der Waals surface area contributed by atoms with Crippen LogP contribution in [0, 0.1) is 0 Å². The number of hydrogen-bond acceptors (Lipinski definition) is 4. The molecule has 0 saturated carbocycles. The van der Waals surface area contributed by atoms with Crippen molar-refractivity contribution in [3.05, 3.63) is 95.0 Å². The summed E-state index contributed by atoms with van der Waals surface area (Å²) in [5.41, 5.74) is 3.61. The van der Waals surface area contributed by atoms with E-state index in [4.69, 9.17) is 21.3 Å². The minimum atomic E-state index is 0.334. The second-order valence-electron chi connectivity index (χ2n) is 7.43. The maximum atomic E-state index is 6.03. The Hall–Kier alpha value is -2.98. The van der Waals surface area contributed by atoms with E-state index in [1.54, 1.807) is 7.11 Å². The van der Waals surface area contributed by atoms with Gasteiger partial charge in [-0.25, -0.2) is 0 Å². The normalized spacial score (nSPS) is 15.7. The predicted molar refractivity (Wildman–Crippen MR) is 125 cm³/mol. The predicted octanol–water partition coefficient (Wildman–Crippen LogP) is 5.29. The Morgan fingerprint density at radius 1 is 0.967 bits per heavy atom.